The van der Waals surface area contributed by atoms with E-state index in [9.17, 15) is 0 Å². The van der Waals surface area contributed by atoms with Crippen molar-refractivity contribution in [1.29, 1.82) is 0 Å². The van der Waals surface area contributed by atoms with Crippen molar-refractivity contribution in [2.75, 3.05) is 33.2 Å². The number of nitrogens with one attached hydrogen (secondary N) is 2. The van der Waals surface area contributed by atoms with Gasteiger partial charge in [-0.2, -0.15) is 0 Å². The van der Waals surface area contributed by atoms with E-state index in [0.717, 1.165) is 25.6 Å². The first-order valence-electron chi connectivity index (χ1n) is 7.87. The molecule has 0 heterocycles. The normalized spacial score (nSPS) is 13.7. The first-order chi connectivity index (χ1) is 9.17. The van der Waals surface area contributed by atoms with E-state index < -0.39 is 0 Å². The second kappa shape index (κ2) is 12.3. The fraction of sp³-hybridized carbons (Fsp3) is 0.933. The van der Waals surface area contributed by atoms with Crippen molar-refractivity contribution >= 4 is 5.96 Å². The third kappa shape index (κ3) is 9.77. The highest BCUT2D eigenvalue weighted by Gasteiger charge is 2.06. The molecule has 0 amide bonds. The van der Waals surface area contributed by atoms with Crippen molar-refractivity contribution in [3.8, 4) is 0 Å². The van der Waals surface area contributed by atoms with Gasteiger partial charge in [0.25, 0.3) is 0 Å². The molecule has 0 saturated heterocycles. The molecule has 4 nitrogen and oxygen atoms in total. The lowest BCUT2D eigenvalue weighted by Gasteiger charge is -2.21. The van der Waals surface area contributed by atoms with Gasteiger partial charge in [0.1, 0.15) is 0 Å². The van der Waals surface area contributed by atoms with Gasteiger partial charge in [-0.05, 0) is 45.8 Å². The monoisotopic (exact) mass is 270 g/mol. The van der Waals surface area contributed by atoms with Crippen LogP contribution in [0.2, 0.25) is 0 Å². The molecule has 0 radical (unpaired) electrons. The van der Waals surface area contributed by atoms with E-state index in [2.05, 4.69) is 48.2 Å². The number of unbranched alkanes of at least 4 members (excludes halogenated alkanes) is 1. The van der Waals surface area contributed by atoms with Gasteiger partial charge in [-0.15, -0.1) is 0 Å². The van der Waals surface area contributed by atoms with Crippen LogP contribution in [0.1, 0.15) is 53.4 Å². The summed E-state index contributed by atoms with van der Waals surface area (Å²) in [7, 11) is 1.84. The zero-order valence-electron chi connectivity index (χ0n) is 13.6. The van der Waals surface area contributed by atoms with Gasteiger partial charge in [-0.1, -0.05) is 27.2 Å². The minimum Gasteiger partial charge on any atom is -0.356 e. The molecule has 0 aliphatic rings. The quantitative estimate of drug-likeness (QED) is 0.364. The van der Waals surface area contributed by atoms with Gasteiger partial charge in [0, 0.05) is 19.6 Å². The summed E-state index contributed by atoms with van der Waals surface area (Å²) < 4.78 is 0. The van der Waals surface area contributed by atoms with Crippen LogP contribution < -0.4 is 10.6 Å². The van der Waals surface area contributed by atoms with E-state index in [-0.39, 0.29) is 0 Å². The molecular weight excluding hydrogens is 236 g/mol. The fourth-order valence-electron chi connectivity index (χ4n) is 2.04. The van der Waals surface area contributed by atoms with Gasteiger partial charge in [-0.3, -0.25) is 4.99 Å². The number of nitrogens with zero attached hydrogens (tertiary/aromatic N) is 2. The van der Waals surface area contributed by atoms with Gasteiger partial charge in [0.15, 0.2) is 5.96 Å². The van der Waals surface area contributed by atoms with E-state index in [1.54, 1.807) is 0 Å². The lowest BCUT2D eigenvalue weighted by Crippen LogP contribution is -2.42. The average Bonchev–Trinajstić information content (AvgIpc) is 2.42. The second-order valence-electron chi connectivity index (χ2n) is 5.07. The SMILES string of the molecule is CCCCNC(=NC)NC(C)CCCN(CC)CC. The molecule has 1 atom stereocenters. The van der Waals surface area contributed by atoms with Gasteiger partial charge >= 0.3 is 0 Å². The molecule has 0 saturated carbocycles. The molecular formula is C15H34N4. The van der Waals surface area contributed by atoms with Crippen molar-refractivity contribution < 1.29 is 0 Å². The number of hydrogen-bond donors (Lipinski definition) is 2. The molecule has 0 rings (SSSR count). The van der Waals surface area contributed by atoms with Crippen LogP contribution in [0, 0.1) is 0 Å². The molecule has 0 aliphatic carbocycles. The maximum atomic E-state index is 4.26. The maximum absolute atomic E-state index is 4.26. The summed E-state index contributed by atoms with van der Waals surface area (Å²) in [5.41, 5.74) is 0. The molecule has 0 aromatic heterocycles. The number of aliphatic imine (C=N–C) groups is 1. The van der Waals surface area contributed by atoms with Crippen LogP contribution in [0.3, 0.4) is 0 Å². The third-order valence-corrected chi connectivity index (χ3v) is 3.44. The number of rotatable bonds is 10. The Balaban J connectivity index is 3.78. The first-order valence-corrected chi connectivity index (χ1v) is 7.87. The lowest BCUT2D eigenvalue weighted by molar-refractivity contribution is 0.292. The fourth-order valence-corrected chi connectivity index (χ4v) is 2.04. The van der Waals surface area contributed by atoms with Crippen LogP contribution in [0.5, 0.6) is 0 Å². The van der Waals surface area contributed by atoms with Crippen LogP contribution in [0.15, 0.2) is 4.99 Å². The van der Waals surface area contributed by atoms with Crippen molar-refractivity contribution in [2.24, 2.45) is 4.99 Å². The van der Waals surface area contributed by atoms with Crippen LogP contribution in [-0.2, 0) is 0 Å². The summed E-state index contributed by atoms with van der Waals surface area (Å²) in [5.74, 6) is 0.934. The van der Waals surface area contributed by atoms with Gasteiger partial charge in [0.05, 0.1) is 0 Å². The zero-order chi connectivity index (χ0) is 14.5. The second-order valence-corrected chi connectivity index (χ2v) is 5.07. The highest BCUT2D eigenvalue weighted by Crippen LogP contribution is 1.99. The van der Waals surface area contributed by atoms with Crippen molar-refractivity contribution in [3.63, 3.8) is 0 Å². The number of guanidine groups is 1. The Morgan fingerprint density at radius 3 is 2.37 bits per heavy atom. The maximum Gasteiger partial charge on any atom is 0.191 e. The Labute approximate surface area is 120 Å². The Bertz CT molecular complexity index is 224. The molecule has 0 aliphatic heterocycles. The lowest BCUT2D eigenvalue weighted by atomic mass is 10.2. The van der Waals surface area contributed by atoms with E-state index in [0.29, 0.717) is 6.04 Å². The average molecular weight is 270 g/mol. The molecule has 0 fully saturated rings. The summed E-state index contributed by atoms with van der Waals surface area (Å²) in [6, 6.07) is 0.475. The highest BCUT2D eigenvalue weighted by molar-refractivity contribution is 5.79. The largest absolute Gasteiger partial charge is 0.356 e. The molecule has 0 bridgehead atoms. The smallest absolute Gasteiger partial charge is 0.191 e. The van der Waals surface area contributed by atoms with Crippen LogP contribution in [0.4, 0.5) is 0 Å². The highest BCUT2D eigenvalue weighted by atomic mass is 15.2. The van der Waals surface area contributed by atoms with E-state index in [1.165, 1.54) is 32.2 Å². The summed E-state index contributed by atoms with van der Waals surface area (Å²) >= 11 is 0. The molecule has 0 spiro atoms. The summed E-state index contributed by atoms with van der Waals surface area (Å²) in [4.78, 5) is 6.73. The Morgan fingerprint density at radius 2 is 1.84 bits per heavy atom. The van der Waals surface area contributed by atoms with Gasteiger partial charge in [0.2, 0.25) is 0 Å². The van der Waals surface area contributed by atoms with Crippen LogP contribution in [0.25, 0.3) is 0 Å². The van der Waals surface area contributed by atoms with Gasteiger partial charge < -0.3 is 15.5 Å². The Hall–Kier alpha value is -0.770. The predicted octanol–water partition coefficient (Wildman–Crippen LogP) is 2.46. The molecule has 2 N–H and O–H groups in total. The zero-order valence-corrected chi connectivity index (χ0v) is 13.6. The molecule has 1 unspecified atom stereocenters. The summed E-state index contributed by atoms with van der Waals surface area (Å²) in [5, 5.41) is 6.81. The number of hydrogen-bond acceptors (Lipinski definition) is 2. The molecule has 0 aromatic rings. The Kier molecular flexibility index (Phi) is 11.8. The summed E-state index contributed by atoms with van der Waals surface area (Å²) in [6.45, 7) is 13.4. The van der Waals surface area contributed by atoms with Gasteiger partial charge in [-0.25, -0.2) is 0 Å². The molecule has 0 aromatic carbocycles. The standard InChI is InChI=1S/C15H34N4/c1-6-9-12-17-15(16-5)18-14(4)11-10-13-19(7-2)8-3/h14H,6-13H2,1-5H3,(H2,16,17,18). The Morgan fingerprint density at radius 1 is 1.16 bits per heavy atom. The topological polar surface area (TPSA) is 39.7 Å². The van der Waals surface area contributed by atoms with E-state index in [1.807, 2.05) is 7.05 Å². The van der Waals surface area contributed by atoms with Crippen LogP contribution >= 0.6 is 0 Å². The summed E-state index contributed by atoms with van der Waals surface area (Å²) in [6.07, 6.45) is 4.83. The molecule has 19 heavy (non-hydrogen) atoms. The third-order valence-electron chi connectivity index (χ3n) is 3.44. The van der Waals surface area contributed by atoms with Crippen molar-refractivity contribution in [2.45, 2.75) is 59.4 Å². The first kappa shape index (κ1) is 18.2. The van der Waals surface area contributed by atoms with Crippen LogP contribution in [-0.4, -0.2) is 50.1 Å². The van der Waals surface area contributed by atoms with Crippen molar-refractivity contribution in [3.05, 3.63) is 0 Å². The minimum absolute atomic E-state index is 0.475. The molecule has 4 heteroatoms. The van der Waals surface area contributed by atoms with Crippen molar-refractivity contribution in [1.82, 2.24) is 15.5 Å². The minimum atomic E-state index is 0.475. The van der Waals surface area contributed by atoms with E-state index >= 15 is 0 Å². The molecule has 114 valence electrons. The predicted molar refractivity (Wildman–Crippen MR) is 85.9 cm³/mol. The van der Waals surface area contributed by atoms with E-state index in [4.69, 9.17) is 0 Å².